The monoisotopic (exact) mass is 142 g/mol. The van der Waals surface area contributed by atoms with E-state index in [0.29, 0.717) is 6.04 Å². The number of rotatable bonds is 2. The average Bonchev–Trinajstić information content (AvgIpc) is 1.60. The van der Waals surface area contributed by atoms with E-state index in [0.717, 1.165) is 0 Å². The predicted octanol–water partition coefficient (Wildman–Crippen LogP) is 2.10. The van der Waals surface area contributed by atoms with E-state index in [1.54, 1.807) is 0 Å². The highest BCUT2D eigenvalue weighted by Gasteiger charge is 2.19. The van der Waals surface area contributed by atoms with Gasteiger partial charge in [-0.25, -0.2) is 0 Å². The first-order valence-corrected chi connectivity index (χ1v) is 3.68. The molecular formula is C8H18N2. The molecule has 0 fully saturated rings. The highest BCUT2D eigenvalue weighted by molar-refractivity contribution is 5.52. The SMILES string of the molecule is CC(C)N(C=N)C(C)(C)C. The Morgan fingerprint density at radius 3 is 1.70 bits per heavy atom. The summed E-state index contributed by atoms with van der Waals surface area (Å²) in [5.74, 6) is 0. The van der Waals surface area contributed by atoms with Gasteiger partial charge in [-0.3, -0.25) is 5.41 Å². The second-order valence-electron chi connectivity index (χ2n) is 3.80. The van der Waals surface area contributed by atoms with Crippen molar-refractivity contribution in [1.29, 1.82) is 5.41 Å². The van der Waals surface area contributed by atoms with E-state index in [1.807, 2.05) is 4.90 Å². The molecule has 0 rings (SSSR count). The van der Waals surface area contributed by atoms with Crippen LogP contribution >= 0.6 is 0 Å². The molecule has 0 bridgehead atoms. The molecular weight excluding hydrogens is 124 g/mol. The minimum atomic E-state index is 0.0793. The fourth-order valence-corrected chi connectivity index (χ4v) is 1.12. The van der Waals surface area contributed by atoms with Gasteiger partial charge in [-0.05, 0) is 34.6 Å². The molecule has 0 spiro atoms. The fourth-order valence-electron chi connectivity index (χ4n) is 1.12. The molecule has 0 saturated heterocycles. The van der Waals surface area contributed by atoms with Gasteiger partial charge >= 0.3 is 0 Å². The van der Waals surface area contributed by atoms with Gasteiger partial charge in [0.05, 0.1) is 6.34 Å². The zero-order valence-electron chi connectivity index (χ0n) is 7.60. The lowest BCUT2D eigenvalue weighted by atomic mass is 10.1. The first kappa shape index (κ1) is 9.47. The molecule has 0 aliphatic heterocycles. The zero-order valence-corrected chi connectivity index (χ0v) is 7.60. The van der Waals surface area contributed by atoms with Crippen LogP contribution in [0.5, 0.6) is 0 Å². The van der Waals surface area contributed by atoms with Crippen LogP contribution in [-0.2, 0) is 0 Å². The smallest absolute Gasteiger partial charge is 0.0823 e. The highest BCUT2D eigenvalue weighted by Crippen LogP contribution is 2.13. The van der Waals surface area contributed by atoms with Crippen LogP contribution in [0.4, 0.5) is 0 Å². The van der Waals surface area contributed by atoms with Crippen LogP contribution in [0.25, 0.3) is 0 Å². The van der Waals surface area contributed by atoms with Crippen LogP contribution < -0.4 is 0 Å². The Balaban J connectivity index is 4.21. The zero-order chi connectivity index (χ0) is 8.36. The third-order valence-electron chi connectivity index (χ3n) is 1.47. The molecule has 2 nitrogen and oxygen atoms in total. The third-order valence-corrected chi connectivity index (χ3v) is 1.47. The van der Waals surface area contributed by atoms with Gasteiger partial charge in [0.1, 0.15) is 0 Å². The Morgan fingerprint density at radius 2 is 1.70 bits per heavy atom. The molecule has 0 aliphatic carbocycles. The van der Waals surface area contributed by atoms with Crippen LogP contribution in [-0.4, -0.2) is 22.8 Å². The molecule has 0 aromatic carbocycles. The molecule has 0 saturated carbocycles. The standard InChI is InChI=1S/C8H18N2/c1-7(2)10(6-9)8(3,4)5/h6-7,9H,1-5H3. The van der Waals surface area contributed by atoms with Crippen molar-refractivity contribution >= 4 is 6.34 Å². The normalized spacial score (nSPS) is 11.8. The largest absolute Gasteiger partial charge is 0.356 e. The lowest BCUT2D eigenvalue weighted by Crippen LogP contribution is -2.44. The Kier molecular flexibility index (Phi) is 2.88. The molecule has 10 heavy (non-hydrogen) atoms. The maximum absolute atomic E-state index is 7.15. The molecule has 0 heterocycles. The van der Waals surface area contributed by atoms with E-state index in [-0.39, 0.29) is 5.54 Å². The maximum atomic E-state index is 7.15. The van der Waals surface area contributed by atoms with Crippen molar-refractivity contribution in [3.63, 3.8) is 0 Å². The summed E-state index contributed by atoms with van der Waals surface area (Å²) >= 11 is 0. The first-order valence-electron chi connectivity index (χ1n) is 3.68. The molecule has 0 radical (unpaired) electrons. The number of hydrogen-bond acceptors (Lipinski definition) is 1. The summed E-state index contributed by atoms with van der Waals surface area (Å²) in [4.78, 5) is 2.02. The summed E-state index contributed by atoms with van der Waals surface area (Å²) in [5, 5.41) is 7.15. The topological polar surface area (TPSA) is 27.1 Å². The lowest BCUT2D eigenvalue weighted by Gasteiger charge is -2.36. The summed E-state index contributed by atoms with van der Waals surface area (Å²) in [6.07, 6.45) is 1.41. The van der Waals surface area contributed by atoms with Crippen molar-refractivity contribution in [2.24, 2.45) is 0 Å². The molecule has 0 amide bonds. The van der Waals surface area contributed by atoms with Crippen molar-refractivity contribution in [2.45, 2.75) is 46.2 Å². The number of hydrogen-bond donors (Lipinski definition) is 1. The van der Waals surface area contributed by atoms with E-state index in [4.69, 9.17) is 5.41 Å². The Labute approximate surface area is 63.7 Å². The van der Waals surface area contributed by atoms with Gasteiger partial charge in [0.2, 0.25) is 0 Å². The molecule has 1 N–H and O–H groups in total. The summed E-state index contributed by atoms with van der Waals surface area (Å²) in [6.45, 7) is 10.5. The Morgan fingerprint density at radius 1 is 1.30 bits per heavy atom. The van der Waals surface area contributed by atoms with Gasteiger partial charge in [-0.2, -0.15) is 0 Å². The van der Waals surface area contributed by atoms with Gasteiger partial charge in [0.15, 0.2) is 0 Å². The van der Waals surface area contributed by atoms with Crippen LogP contribution in [0.1, 0.15) is 34.6 Å². The Bertz CT molecular complexity index is 111. The molecule has 0 aromatic rings. The third kappa shape index (κ3) is 2.38. The molecule has 0 atom stereocenters. The van der Waals surface area contributed by atoms with Gasteiger partial charge in [0.25, 0.3) is 0 Å². The average molecular weight is 142 g/mol. The van der Waals surface area contributed by atoms with Crippen molar-refractivity contribution in [3.05, 3.63) is 0 Å². The molecule has 0 unspecified atom stereocenters. The Hall–Kier alpha value is -0.530. The van der Waals surface area contributed by atoms with E-state index in [1.165, 1.54) is 6.34 Å². The molecule has 2 heteroatoms. The first-order chi connectivity index (χ1) is 4.39. The van der Waals surface area contributed by atoms with E-state index in [9.17, 15) is 0 Å². The summed E-state index contributed by atoms with van der Waals surface area (Å²) in [6, 6.07) is 0.414. The van der Waals surface area contributed by atoms with Crippen molar-refractivity contribution < 1.29 is 0 Å². The number of nitrogens with one attached hydrogen (secondary N) is 1. The molecule has 0 aromatic heterocycles. The minimum Gasteiger partial charge on any atom is -0.356 e. The van der Waals surface area contributed by atoms with Gasteiger partial charge in [0, 0.05) is 11.6 Å². The van der Waals surface area contributed by atoms with Crippen molar-refractivity contribution in [2.75, 3.05) is 0 Å². The van der Waals surface area contributed by atoms with Gasteiger partial charge < -0.3 is 4.90 Å². The fraction of sp³-hybridized carbons (Fsp3) is 0.875. The quantitative estimate of drug-likeness (QED) is 0.464. The lowest BCUT2D eigenvalue weighted by molar-refractivity contribution is 0.202. The second kappa shape index (κ2) is 3.04. The van der Waals surface area contributed by atoms with E-state index >= 15 is 0 Å². The minimum absolute atomic E-state index is 0.0793. The van der Waals surface area contributed by atoms with E-state index < -0.39 is 0 Å². The van der Waals surface area contributed by atoms with Gasteiger partial charge in [-0.15, -0.1) is 0 Å². The van der Waals surface area contributed by atoms with Crippen LogP contribution in [0.2, 0.25) is 0 Å². The van der Waals surface area contributed by atoms with Crippen molar-refractivity contribution in [3.8, 4) is 0 Å². The molecule has 60 valence electrons. The summed E-state index contributed by atoms with van der Waals surface area (Å²) in [5.41, 5.74) is 0.0793. The van der Waals surface area contributed by atoms with Crippen LogP contribution in [0.3, 0.4) is 0 Å². The maximum Gasteiger partial charge on any atom is 0.0823 e. The summed E-state index contributed by atoms with van der Waals surface area (Å²) in [7, 11) is 0. The highest BCUT2D eigenvalue weighted by atomic mass is 15.2. The number of nitrogens with zero attached hydrogens (tertiary/aromatic N) is 1. The van der Waals surface area contributed by atoms with Gasteiger partial charge in [-0.1, -0.05) is 0 Å². The molecule has 0 aliphatic rings. The summed E-state index contributed by atoms with van der Waals surface area (Å²) < 4.78 is 0. The van der Waals surface area contributed by atoms with E-state index in [2.05, 4.69) is 34.6 Å². The second-order valence-corrected chi connectivity index (χ2v) is 3.80. The van der Waals surface area contributed by atoms with Crippen molar-refractivity contribution in [1.82, 2.24) is 4.90 Å². The van der Waals surface area contributed by atoms with Crippen LogP contribution in [0.15, 0.2) is 0 Å². The van der Waals surface area contributed by atoms with Crippen LogP contribution in [0, 0.1) is 5.41 Å². The predicted molar refractivity (Wildman–Crippen MR) is 45.5 cm³/mol.